The van der Waals surface area contributed by atoms with Gasteiger partial charge in [0, 0.05) is 22.5 Å². The lowest BCUT2D eigenvalue weighted by atomic mass is 10.1. The van der Waals surface area contributed by atoms with Crippen LogP contribution in [0.1, 0.15) is 22.8 Å². The molecule has 1 atom stereocenters. The van der Waals surface area contributed by atoms with Crippen molar-refractivity contribution in [3.63, 3.8) is 0 Å². The smallest absolute Gasteiger partial charge is 0.319 e. The van der Waals surface area contributed by atoms with E-state index in [2.05, 4.69) is 10.6 Å². The van der Waals surface area contributed by atoms with Crippen LogP contribution in [-0.4, -0.2) is 17.7 Å². The van der Waals surface area contributed by atoms with E-state index in [-0.39, 0.29) is 12.6 Å². The van der Waals surface area contributed by atoms with Crippen molar-refractivity contribution in [2.75, 3.05) is 11.9 Å². The van der Waals surface area contributed by atoms with Crippen molar-refractivity contribution in [2.24, 2.45) is 0 Å². The molecule has 1 heterocycles. The zero-order valence-corrected chi connectivity index (χ0v) is 14.5. The van der Waals surface area contributed by atoms with E-state index in [4.69, 9.17) is 0 Å². The zero-order valence-electron chi connectivity index (χ0n) is 13.7. The molecule has 0 aliphatic rings. The number of thiophene rings is 1. The first-order valence-electron chi connectivity index (χ1n) is 7.81. The van der Waals surface area contributed by atoms with Gasteiger partial charge in [-0.1, -0.05) is 24.3 Å². The summed E-state index contributed by atoms with van der Waals surface area (Å²) in [5, 5.41) is 18.9. The third-order valence-corrected chi connectivity index (χ3v) is 5.07. The highest BCUT2D eigenvalue weighted by Crippen LogP contribution is 2.29. The van der Waals surface area contributed by atoms with E-state index >= 15 is 0 Å². The van der Waals surface area contributed by atoms with Gasteiger partial charge in [0.15, 0.2) is 0 Å². The van der Waals surface area contributed by atoms with Gasteiger partial charge in [0.25, 0.3) is 0 Å². The van der Waals surface area contributed by atoms with Gasteiger partial charge in [-0.3, -0.25) is 0 Å². The summed E-state index contributed by atoms with van der Waals surface area (Å²) >= 11 is 1.59. The molecule has 1 aromatic heterocycles. The van der Waals surface area contributed by atoms with Crippen LogP contribution in [0.2, 0.25) is 0 Å². The SMILES string of the molecule is Cc1ccc(NC(=O)NCC(O)c2csc3ccccc23)cc1C. The van der Waals surface area contributed by atoms with E-state index in [0.717, 1.165) is 26.9 Å². The molecular formula is C19H20N2O2S. The normalized spacial score (nSPS) is 12.1. The number of urea groups is 1. The van der Waals surface area contributed by atoms with Gasteiger partial charge in [-0.05, 0) is 53.9 Å². The molecular weight excluding hydrogens is 320 g/mol. The number of nitrogens with one attached hydrogen (secondary N) is 2. The van der Waals surface area contributed by atoms with Crippen LogP contribution in [-0.2, 0) is 0 Å². The number of amides is 2. The number of benzene rings is 2. The number of anilines is 1. The average molecular weight is 340 g/mol. The van der Waals surface area contributed by atoms with Crippen LogP contribution >= 0.6 is 11.3 Å². The van der Waals surface area contributed by atoms with Gasteiger partial charge >= 0.3 is 6.03 Å². The second kappa shape index (κ2) is 7.03. The first-order valence-corrected chi connectivity index (χ1v) is 8.69. The van der Waals surface area contributed by atoms with Crippen molar-refractivity contribution >= 4 is 33.1 Å². The van der Waals surface area contributed by atoms with E-state index < -0.39 is 6.10 Å². The minimum atomic E-state index is -0.730. The fraction of sp³-hybridized carbons (Fsp3) is 0.211. The Balaban J connectivity index is 1.60. The van der Waals surface area contributed by atoms with Gasteiger partial charge < -0.3 is 15.7 Å². The van der Waals surface area contributed by atoms with Crippen LogP contribution in [0.25, 0.3) is 10.1 Å². The Bertz CT molecular complexity index is 873. The van der Waals surface area contributed by atoms with Crippen LogP contribution in [0.15, 0.2) is 47.8 Å². The predicted octanol–water partition coefficient (Wildman–Crippen LogP) is 4.37. The molecule has 0 bridgehead atoms. The first kappa shape index (κ1) is 16.5. The number of rotatable bonds is 4. The number of hydrogen-bond acceptors (Lipinski definition) is 3. The third kappa shape index (κ3) is 3.58. The van der Waals surface area contributed by atoms with Gasteiger partial charge in [-0.25, -0.2) is 4.79 Å². The van der Waals surface area contributed by atoms with Crippen molar-refractivity contribution in [3.8, 4) is 0 Å². The van der Waals surface area contributed by atoms with Crippen LogP contribution < -0.4 is 10.6 Å². The van der Waals surface area contributed by atoms with Crippen molar-refractivity contribution in [3.05, 3.63) is 64.5 Å². The van der Waals surface area contributed by atoms with Crippen molar-refractivity contribution in [1.29, 1.82) is 0 Å². The molecule has 0 radical (unpaired) electrons. The summed E-state index contributed by atoms with van der Waals surface area (Å²) in [6.07, 6.45) is -0.730. The monoisotopic (exact) mass is 340 g/mol. The topological polar surface area (TPSA) is 61.4 Å². The van der Waals surface area contributed by atoms with E-state index in [1.807, 2.05) is 61.7 Å². The van der Waals surface area contributed by atoms with E-state index in [9.17, 15) is 9.90 Å². The van der Waals surface area contributed by atoms with Crippen molar-refractivity contribution in [2.45, 2.75) is 20.0 Å². The molecule has 5 heteroatoms. The maximum absolute atomic E-state index is 12.0. The number of aliphatic hydroxyl groups is 1. The molecule has 4 nitrogen and oxygen atoms in total. The summed E-state index contributed by atoms with van der Waals surface area (Å²) in [5.41, 5.74) is 3.89. The molecule has 3 aromatic rings. The molecule has 3 rings (SSSR count). The summed E-state index contributed by atoms with van der Waals surface area (Å²) in [4.78, 5) is 12.0. The fourth-order valence-electron chi connectivity index (χ4n) is 2.55. The second-order valence-electron chi connectivity index (χ2n) is 5.84. The number of aryl methyl sites for hydroxylation is 2. The van der Waals surface area contributed by atoms with E-state index in [0.29, 0.717) is 0 Å². The molecule has 0 saturated heterocycles. The second-order valence-corrected chi connectivity index (χ2v) is 6.75. The number of hydrogen-bond donors (Lipinski definition) is 3. The van der Waals surface area contributed by atoms with Crippen molar-refractivity contribution < 1.29 is 9.90 Å². The average Bonchev–Trinajstić information content (AvgIpc) is 3.00. The lowest BCUT2D eigenvalue weighted by Gasteiger charge is -2.13. The lowest BCUT2D eigenvalue weighted by Crippen LogP contribution is -2.32. The van der Waals surface area contributed by atoms with Crippen LogP contribution in [0.3, 0.4) is 0 Å². The highest BCUT2D eigenvalue weighted by molar-refractivity contribution is 7.17. The third-order valence-electron chi connectivity index (χ3n) is 4.09. The molecule has 3 N–H and O–H groups in total. The van der Waals surface area contributed by atoms with Gasteiger partial charge in [0.05, 0.1) is 6.10 Å². The zero-order chi connectivity index (χ0) is 17.1. The van der Waals surface area contributed by atoms with E-state index in [1.54, 1.807) is 11.3 Å². The quantitative estimate of drug-likeness (QED) is 0.660. The number of aliphatic hydroxyl groups excluding tert-OH is 1. The van der Waals surface area contributed by atoms with E-state index in [1.165, 1.54) is 5.56 Å². The largest absolute Gasteiger partial charge is 0.387 e. The highest BCUT2D eigenvalue weighted by Gasteiger charge is 2.14. The van der Waals surface area contributed by atoms with Gasteiger partial charge in [0.2, 0.25) is 0 Å². The Morgan fingerprint density at radius 3 is 2.75 bits per heavy atom. The Labute approximate surface area is 145 Å². The van der Waals surface area contributed by atoms with Gasteiger partial charge in [-0.15, -0.1) is 11.3 Å². The number of carbonyl (C=O) groups excluding carboxylic acids is 1. The van der Waals surface area contributed by atoms with Crippen LogP contribution in [0.5, 0.6) is 0 Å². The minimum Gasteiger partial charge on any atom is -0.387 e. The molecule has 2 amide bonds. The summed E-state index contributed by atoms with van der Waals surface area (Å²) in [6.45, 7) is 4.20. The maximum Gasteiger partial charge on any atom is 0.319 e. The lowest BCUT2D eigenvalue weighted by molar-refractivity contribution is 0.177. The van der Waals surface area contributed by atoms with Gasteiger partial charge in [-0.2, -0.15) is 0 Å². The standard InChI is InChI=1S/C19H20N2O2S/c1-12-7-8-14(9-13(12)2)21-19(23)20-10-17(22)16-11-24-18-6-4-3-5-15(16)18/h3-9,11,17,22H,10H2,1-2H3,(H2,20,21,23). The molecule has 0 saturated carbocycles. The summed E-state index contributed by atoms with van der Waals surface area (Å²) in [7, 11) is 0. The molecule has 0 aliphatic heterocycles. The first-order chi connectivity index (χ1) is 11.5. The molecule has 1 unspecified atom stereocenters. The predicted molar refractivity (Wildman–Crippen MR) is 99.7 cm³/mol. The van der Waals surface area contributed by atoms with Gasteiger partial charge in [0.1, 0.15) is 0 Å². The maximum atomic E-state index is 12.0. The summed E-state index contributed by atoms with van der Waals surface area (Å²) < 4.78 is 1.13. The summed E-state index contributed by atoms with van der Waals surface area (Å²) in [5.74, 6) is 0. The van der Waals surface area contributed by atoms with Crippen LogP contribution in [0, 0.1) is 13.8 Å². The Hall–Kier alpha value is -2.37. The Morgan fingerprint density at radius 2 is 1.96 bits per heavy atom. The number of fused-ring (bicyclic) bond motifs is 1. The Morgan fingerprint density at radius 1 is 1.17 bits per heavy atom. The fourth-order valence-corrected chi connectivity index (χ4v) is 3.56. The molecule has 0 spiro atoms. The number of carbonyl (C=O) groups is 1. The van der Waals surface area contributed by atoms with Crippen LogP contribution in [0.4, 0.5) is 10.5 Å². The molecule has 0 fully saturated rings. The molecule has 2 aromatic carbocycles. The Kier molecular flexibility index (Phi) is 4.83. The minimum absolute atomic E-state index is 0.164. The summed E-state index contributed by atoms with van der Waals surface area (Å²) in [6, 6.07) is 13.4. The molecule has 124 valence electrons. The highest BCUT2D eigenvalue weighted by atomic mass is 32.1. The molecule has 24 heavy (non-hydrogen) atoms. The molecule has 0 aliphatic carbocycles. The van der Waals surface area contributed by atoms with Crippen molar-refractivity contribution in [1.82, 2.24) is 5.32 Å².